The summed E-state index contributed by atoms with van der Waals surface area (Å²) in [6.45, 7) is 4.18. The Bertz CT molecular complexity index is 693. The smallest absolute Gasteiger partial charge is 0.190 e. The van der Waals surface area contributed by atoms with E-state index in [2.05, 4.69) is 57.9 Å². The molecule has 114 valence electrons. The van der Waals surface area contributed by atoms with Crippen LogP contribution in [0.3, 0.4) is 0 Å². The molecular formula is C16H17BrN4S. The standard InChI is InChI=1S/C16H17BrN4S/c1-10(2)7-14-13(8-18)15(19)21-16(20-14)22-9-11-3-5-12(17)6-4-11/h3-6,10H,7,9H2,1-2H3,(H2,19,20,21). The van der Waals surface area contributed by atoms with Crippen LogP contribution in [0.4, 0.5) is 5.82 Å². The van der Waals surface area contributed by atoms with Gasteiger partial charge in [-0.15, -0.1) is 0 Å². The van der Waals surface area contributed by atoms with Crippen molar-refractivity contribution in [2.45, 2.75) is 31.2 Å². The Kier molecular flexibility index (Phi) is 5.81. The quantitative estimate of drug-likeness (QED) is 0.625. The highest BCUT2D eigenvalue weighted by molar-refractivity contribution is 9.10. The van der Waals surface area contributed by atoms with E-state index in [1.165, 1.54) is 17.3 Å². The van der Waals surface area contributed by atoms with E-state index in [4.69, 9.17) is 5.73 Å². The van der Waals surface area contributed by atoms with Crippen LogP contribution in [0.15, 0.2) is 33.9 Å². The largest absolute Gasteiger partial charge is 0.382 e. The summed E-state index contributed by atoms with van der Waals surface area (Å²) in [5, 5.41) is 9.84. The van der Waals surface area contributed by atoms with E-state index < -0.39 is 0 Å². The zero-order chi connectivity index (χ0) is 16.1. The number of nitrogens with zero attached hydrogens (tertiary/aromatic N) is 3. The third-order valence-electron chi connectivity index (χ3n) is 2.99. The van der Waals surface area contributed by atoms with Crippen LogP contribution in [0, 0.1) is 17.2 Å². The molecule has 22 heavy (non-hydrogen) atoms. The van der Waals surface area contributed by atoms with E-state index in [-0.39, 0.29) is 5.82 Å². The summed E-state index contributed by atoms with van der Waals surface area (Å²) in [6, 6.07) is 10.2. The second kappa shape index (κ2) is 7.61. The van der Waals surface area contributed by atoms with Crippen molar-refractivity contribution < 1.29 is 0 Å². The molecule has 1 heterocycles. The van der Waals surface area contributed by atoms with E-state index in [0.717, 1.165) is 22.3 Å². The maximum Gasteiger partial charge on any atom is 0.190 e. The second-order valence-corrected chi connectivity index (χ2v) is 7.20. The molecule has 0 aliphatic rings. The molecule has 1 aromatic heterocycles. The average Bonchev–Trinajstić information content (AvgIpc) is 2.46. The van der Waals surface area contributed by atoms with Crippen molar-refractivity contribution in [2.75, 3.05) is 5.73 Å². The molecule has 0 fully saturated rings. The Hall–Kier alpha value is -1.58. The highest BCUT2D eigenvalue weighted by atomic mass is 79.9. The highest BCUT2D eigenvalue weighted by Gasteiger charge is 2.13. The van der Waals surface area contributed by atoms with Crippen LogP contribution in [-0.4, -0.2) is 9.97 Å². The zero-order valence-corrected chi connectivity index (χ0v) is 14.9. The minimum absolute atomic E-state index is 0.270. The van der Waals surface area contributed by atoms with Crippen molar-refractivity contribution in [1.82, 2.24) is 9.97 Å². The molecule has 0 aliphatic carbocycles. The van der Waals surface area contributed by atoms with Crippen molar-refractivity contribution in [3.05, 3.63) is 45.6 Å². The van der Waals surface area contributed by atoms with E-state index in [1.807, 2.05) is 12.1 Å². The molecule has 6 heteroatoms. The van der Waals surface area contributed by atoms with Gasteiger partial charge in [0, 0.05) is 10.2 Å². The third kappa shape index (κ3) is 4.46. The molecule has 1 aromatic carbocycles. The molecule has 2 rings (SSSR count). The number of hydrogen-bond donors (Lipinski definition) is 1. The number of halogens is 1. The first-order valence-electron chi connectivity index (χ1n) is 6.93. The SMILES string of the molecule is CC(C)Cc1nc(SCc2ccc(Br)cc2)nc(N)c1C#N. The van der Waals surface area contributed by atoms with Gasteiger partial charge in [0.15, 0.2) is 5.16 Å². The number of benzene rings is 1. The lowest BCUT2D eigenvalue weighted by atomic mass is 10.0. The predicted molar refractivity (Wildman–Crippen MR) is 93.4 cm³/mol. The number of nitriles is 1. The Morgan fingerprint density at radius 2 is 1.95 bits per heavy atom. The van der Waals surface area contributed by atoms with Gasteiger partial charge in [-0.1, -0.05) is 53.7 Å². The van der Waals surface area contributed by atoms with Crippen molar-refractivity contribution in [3.8, 4) is 6.07 Å². The van der Waals surface area contributed by atoms with E-state index in [9.17, 15) is 5.26 Å². The number of anilines is 1. The molecule has 0 aliphatic heterocycles. The normalized spacial score (nSPS) is 10.7. The zero-order valence-electron chi connectivity index (χ0n) is 12.5. The minimum Gasteiger partial charge on any atom is -0.382 e. The molecule has 2 N–H and O–H groups in total. The van der Waals surface area contributed by atoms with Crippen molar-refractivity contribution in [3.63, 3.8) is 0 Å². The van der Waals surface area contributed by atoms with Gasteiger partial charge < -0.3 is 5.73 Å². The maximum absolute atomic E-state index is 9.22. The number of nitrogen functional groups attached to an aromatic ring is 1. The Labute approximate surface area is 143 Å². The lowest BCUT2D eigenvalue weighted by Gasteiger charge is -2.10. The van der Waals surface area contributed by atoms with Gasteiger partial charge in [0.25, 0.3) is 0 Å². The first-order chi connectivity index (χ1) is 10.5. The van der Waals surface area contributed by atoms with Crippen LogP contribution in [0.5, 0.6) is 0 Å². The summed E-state index contributed by atoms with van der Waals surface area (Å²) >= 11 is 4.95. The fourth-order valence-electron chi connectivity index (χ4n) is 1.95. The number of rotatable bonds is 5. The van der Waals surface area contributed by atoms with Gasteiger partial charge in [-0.3, -0.25) is 0 Å². The molecule has 0 unspecified atom stereocenters. The third-order valence-corrected chi connectivity index (χ3v) is 4.43. The lowest BCUT2D eigenvalue weighted by Crippen LogP contribution is -2.07. The molecule has 0 bridgehead atoms. The Morgan fingerprint density at radius 3 is 2.55 bits per heavy atom. The van der Waals surface area contributed by atoms with Gasteiger partial charge in [0.1, 0.15) is 17.5 Å². The molecule has 0 atom stereocenters. The molecule has 0 saturated heterocycles. The number of nitrogens with two attached hydrogens (primary N) is 1. The summed E-state index contributed by atoms with van der Waals surface area (Å²) in [6.07, 6.45) is 0.724. The Morgan fingerprint density at radius 1 is 1.27 bits per heavy atom. The molecule has 0 spiro atoms. The van der Waals surface area contributed by atoms with E-state index in [1.54, 1.807) is 0 Å². The topological polar surface area (TPSA) is 75.6 Å². The van der Waals surface area contributed by atoms with Crippen LogP contribution in [0.2, 0.25) is 0 Å². The van der Waals surface area contributed by atoms with Gasteiger partial charge in [-0.05, 0) is 30.0 Å². The van der Waals surface area contributed by atoms with Gasteiger partial charge in [0.05, 0.1) is 5.69 Å². The molecular weight excluding hydrogens is 360 g/mol. The van der Waals surface area contributed by atoms with Crippen molar-refractivity contribution in [1.29, 1.82) is 5.26 Å². The molecule has 4 nitrogen and oxygen atoms in total. The van der Waals surface area contributed by atoms with Gasteiger partial charge in [0.2, 0.25) is 0 Å². The van der Waals surface area contributed by atoms with Gasteiger partial charge >= 0.3 is 0 Å². The highest BCUT2D eigenvalue weighted by Crippen LogP contribution is 2.24. The van der Waals surface area contributed by atoms with Crippen molar-refractivity contribution >= 4 is 33.5 Å². The summed E-state index contributed by atoms with van der Waals surface area (Å²) in [7, 11) is 0. The summed E-state index contributed by atoms with van der Waals surface area (Å²) in [5.41, 5.74) is 8.23. The fourth-order valence-corrected chi connectivity index (χ4v) is 3.04. The Balaban J connectivity index is 2.19. The van der Waals surface area contributed by atoms with Crippen LogP contribution in [0.25, 0.3) is 0 Å². The van der Waals surface area contributed by atoms with Crippen LogP contribution in [0.1, 0.15) is 30.7 Å². The molecule has 0 saturated carbocycles. The number of aromatic nitrogens is 2. The monoisotopic (exact) mass is 376 g/mol. The first kappa shape index (κ1) is 16.8. The molecule has 2 aromatic rings. The average molecular weight is 377 g/mol. The summed E-state index contributed by atoms with van der Waals surface area (Å²) < 4.78 is 1.05. The van der Waals surface area contributed by atoms with Crippen LogP contribution >= 0.6 is 27.7 Å². The first-order valence-corrected chi connectivity index (χ1v) is 8.71. The van der Waals surface area contributed by atoms with Crippen molar-refractivity contribution in [2.24, 2.45) is 5.92 Å². The predicted octanol–water partition coefficient (Wildman–Crippen LogP) is 4.18. The van der Waals surface area contributed by atoms with Crippen LogP contribution < -0.4 is 5.73 Å². The van der Waals surface area contributed by atoms with Gasteiger partial charge in [-0.2, -0.15) is 5.26 Å². The minimum atomic E-state index is 0.270. The lowest BCUT2D eigenvalue weighted by molar-refractivity contribution is 0.627. The number of hydrogen-bond acceptors (Lipinski definition) is 5. The van der Waals surface area contributed by atoms with Gasteiger partial charge in [-0.25, -0.2) is 9.97 Å². The molecule has 0 amide bonds. The molecule has 0 radical (unpaired) electrons. The maximum atomic E-state index is 9.22. The van der Waals surface area contributed by atoms with E-state index in [0.29, 0.717) is 16.6 Å². The number of thioether (sulfide) groups is 1. The summed E-state index contributed by atoms with van der Waals surface area (Å²) in [4.78, 5) is 8.76. The fraction of sp³-hybridized carbons (Fsp3) is 0.312. The van der Waals surface area contributed by atoms with Crippen LogP contribution in [-0.2, 0) is 12.2 Å². The summed E-state index contributed by atoms with van der Waals surface area (Å²) in [5.74, 6) is 1.44. The van der Waals surface area contributed by atoms with E-state index >= 15 is 0 Å². The second-order valence-electron chi connectivity index (χ2n) is 5.34.